The molecule has 4 rings (SSSR count). The van der Waals surface area contributed by atoms with Crippen molar-refractivity contribution >= 4 is 46.9 Å². The van der Waals surface area contributed by atoms with E-state index in [0.717, 1.165) is 21.8 Å². The molecule has 0 fully saturated rings. The number of amides is 2. The average molecular weight is 477 g/mol. The molecule has 2 amide bonds. The number of aryl methyl sites for hydroxylation is 1. The van der Waals surface area contributed by atoms with Crippen LogP contribution in [0.3, 0.4) is 0 Å². The summed E-state index contributed by atoms with van der Waals surface area (Å²) >= 11 is 7.17. The van der Waals surface area contributed by atoms with E-state index in [1.54, 1.807) is 6.07 Å². The first kappa shape index (κ1) is 23.7. The maximum Gasteiger partial charge on any atom is 0.312 e. The molecule has 1 unspecified atom stereocenters. The van der Waals surface area contributed by atoms with Crippen molar-refractivity contribution in [3.8, 4) is 0 Å². The van der Waals surface area contributed by atoms with Crippen molar-refractivity contribution in [2.24, 2.45) is 0 Å². The number of H-pyrrole nitrogens is 1. The second kappa shape index (κ2) is 10.6. The Morgan fingerprint density at radius 3 is 2.81 bits per heavy atom. The number of thioether (sulfide) groups is 1. The Hall–Kier alpha value is -2.98. The number of nitrogens with zero attached hydrogens (tertiary/aromatic N) is 3. The van der Waals surface area contributed by atoms with E-state index in [2.05, 4.69) is 20.5 Å². The molecule has 0 bridgehead atoms. The third kappa shape index (κ3) is 5.08. The number of rotatable bonds is 6. The van der Waals surface area contributed by atoms with Crippen molar-refractivity contribution < 1.29 is 14.0 Å². The van der Waals surface area contributed by atoms with Crippen molar-refractivity contribution in [2.45, 2.75) is 44.8 Å². The highest BCUT2D eigenvalue weighted by molar-refractivity contribution is 8.00. The first-order valence-electron chi connectivity index (χ1n) is 10.1. The van der Waals surface area contributed by atoms with Crippen LogP contribution in [0.2, 0.25) is 0 Å². The van der Waals surface area contributed by atoms with Crippen LogP contribution in [0.4, 0.5) is 11.7 Å². The number of aromatic nitrogens is 3. The minimum Gasteiger partial charge on any atom is -0.406 e. The fourth-order valence-corrected chi connectivity index (χ4v) is 4.31. The maximum atomic E-state index is 13.2. The van der Waals surface area contributed by atoms with Gasteiger partial charge in [0.15, 0.2) is 0 Å². The molecule has 1 aromatic carbocycles. The molecule has 0 aliphatic carbocycles. The molecular formula is C21H25ClN6O3S. The second-order valence-electron chi connectivity index (χ2n) is 6.77. The first-order valence-corrected chi connectivity index (χ1v) is 11.6. The summed E-state index contributed by atoms with van der Waals surface area (Å²) in [5.41, 5.74) is 8.45. The van der Waals surface area contributed by atoms with Crippen LogP contribution in [0.25, 0.3) is 0 Å². The van der Waals surface area contributed by atoms with E-state index in [-0.39, 0.29) is 30.3 Å². The Bertz CT molecular complexity index is 1100. The molecule has 11 heteroatoms. The number of para-hydroxylation sites is 1. The number of hydrogen-bond donors (Lipinski definition) is 3. The highest BCUT2D eigenvalue weighted by atomic mass is 35.5. The fourth-order valence-electron chi connectivity index (χ4n) is 3.40. The number of alkyl halides is 1. The van der Waals surface area contributed by atoms with Crippen molar-refractivity contribution in [2.75, 3.05) is 15.8 Å². The number of aromatic amines is 1. The van der Waals surface area contributed by atoms with E-state index in [9.17, 15) is 9.59 Å². The monoisotopic (exact) mass is 476 g/mol. The fraction of sp³-hybridized carbons (Fsp3) is 0.333. The SMILES string of the molecule is CC.Cc1cc(C(=O)NC2Cc3ccccc3N(Cc3nnc(N)o3)C2=O)[nH]c1SCCl. The topological polar surface area (TPSA) is 130 Å². The quantitative estimate of drug-likeness (QED) is 0.366. The Morgan fingerprint density at radius 1 is 1.38 bits per heavy atom. The molecular weight excluding hydrogens is 452 g/mol. The lowest BCUT2D eigenvalue weighted by Gasteiger charge is -2.33. The summed E-state index contributed by atoms with van der Waals surface area (Å²) in [6, 6.07) is 8.43. The molecule has 0 radical (unpaired) electrons. The van der Waals surface area contributed by atoms with E-state index in [4.69, 9.17) is 21.8 Å². The van der Waals surface area contributed by atoms with Gasteiger partial charge < -0.3 is 25.4 Å². The van der Waals surface area contributed by atoms with Gasteiger partial charge in [0.05, 0.1) is 10.2 Å². The van der Waals surface area contributed by atoms with Gasteiger partial charge in [0.1, 0.15) is 18.3 Å². The average Bonchev–Trinajstić information content (AvgIpc) is 3.38. The number of anilines is 2. The van der Waals surface area contributed by atoms with Crippen molar-refractivity contribution in [1.82, 2.24) is 20.5 Å². The lowest BCUT2D eigenvalue weighted by Crippen LogP contribution is -2.52. The van der Waals surface area contributed by atoms with Gasteiger partial charge in [-0.1, -0.05) is 48.9 Å². The molecule has 1 aliphatic heterocycles. The minimum absolute atomic E-state index is 0.0601. The van der Waals surface area contributed by atoms with E-state index in [1.165, 1.54) is 16.7 Å². The van der Waals surface area contributed by atoms with Gasteiger partial charge in [-0.05, 0) is 30.2 Å². The third-order valence-corrected chi connectivity index (χ3v) is 5.91. The number of halogens is 1. The van der Waals surface area contributed by atoms with Gasteiger partial charge in [0.25, 0.3) is 5.91 Å². The largest absolute Gasteiger partial charge is 0.406 e. The van der Waals surface area contributed by atoms with Crippen LogP contribution in [-0.2, 0) is 17.8 Å². The zero-order valence-corrected chi connectivity index (χ0v) is 19.6. The number of benzene rings is 1. The molecule has 9 nitrogen and oxygen atoms in total. The van der Waals surface area contributed by atoms with Gasteiger partial charge in [-0.2, -0.15) is 0 Å². The Labute approximate surface area is 195 Å². The van der Waals surface area contributed by atoms with Crippen LogP contribution in [0, 0.1) is 6.92 Å². The van der Waals surface area contributed by atoms with Gasteiger partial charge in [-0.15, -0.1) is 16.7 Å². The Balaban J connectivity index is 0.00000141. The van der Waals surface area contributed by atoms with E-state index < -0.39 is 6.04 Å². The molecule has 4 N–H and O–H groups in total. The molecule has 0 saturated carbocycles. The van der Waals surface area contributed by atoms with Gasteiger partial charge >= 0.3 is 6.01 Å². The van der Waals surface area contributed by atoms with Crippen molar-refractivity contribution in [3.63, 3.8) is 0 Å². The third-order valence-electron chi connectivity index (χ3n) is 4.76. The van der Waals surface area contributed by atoms with E-state index in [1.807, 2.05) is 45.0 Å². The Kier molecular flexibility index (Phi) is 7.81. The zero-order valence-electron chi connectivity index (χ0n) is 18.0. The number of carbonyl (C=O) groups excluding carboxylic acids is 2. The highest BCUT2D eigenvalue weighted by Crippen LogP contribution is 2.29. The molecule has 0 spiro atoms. The van der Waals surface area contributed by atoms with Crippen LogP contribution < -0.4 is 16.0 Å². The molecule has 0 saturated heterocycles. The predicted molar refractivity (Wildman–Crippen MR) is 125 cm³/mol. The first-order chi connectivity index (χ1) is 15.5. The highest BCUT2D eigenvalue weighted by Gasteiger charge is 2.35. The molecule has 170 valence electrons. The number of nitrogens with one attached hydrogen (secondary N) is 2. The van der Waals surface area contributed by atoms with Crippen LogP contribution in [-0.4, -0.2) is 38.2 Å². The summed E-state index contributed by atoms with van der Waals surface area (Å²) in [7, 11) is 0. The lowest BCUT2D eigenvalue weighted by atomic mass is 9.97. The summed E-state index contributed by atoms with van der Waals surface area (Å²) < 4.78 is 5.23. The van der Waals surface area contributed by atoms with Crippen LogP contribution >= 0.6 is 23.4 Å². The number of nitrogens with two attached hydrogens (primary N) is 1. The lowest BCUT2D eigenvalue weighted by molar-refractivity contribution is -0.121. The van der Waals surface area contributed by atoms with Gasteiger partial charge in [-0.3, -0.25) is 9.59 Å². The summed E-state index contributed by atoms with van der Waals surface area (Å²) in [5, 5.41) is 11.5. The normalized spacial score (nSPS) is 15.1. The number of fused-ring (bicyclic) bond motifs is 1. The van der Waals surface area contributed by atoms with Crippen molar-refractivity contribution in [3.05, 3.63) is 53.0 Å². The van der Waals surface area contributed by atoms with E-state index >= 15 is 0 Å². The Morgan fingerprint density at radius 2 is 2.12 bits per heavy atom. The van der Waals surface area contributed by atoms with E-state index in [0.29, 0.717) is 17.3 Å². The van der Waals surface area contributed by atoms with Gasteiger partial charge in [0, 0.05) is 12.1 Å². The maximum absolute atomic E-state index is 13.2. The second-order valence-corrected chi connectivity index (χ2v) is 8.34. The summed E-state index contributed by atoms with van der Waals surface area (Å²) in [5.74, 6) is -0.415. The van der Waals surface area contributed by atoms with Crippen LogP contribution in [0.1, 0.15) is 41.4 Å². The summed E-state index contributed by atoms with van der Waals surface area (Å²) in [4.78, 5) is 30.6. The molecule has 1 aliphatic rings. The number of carbonyl (C=O) groups is 2. The molecule has 2 aromatic heterocycles. The zero-order chi connectivity index (χ0) is 23.3. The number of hydrogen-bond acceptors (Lipinski definition) is 7. The van der Waals surface area contributed by atoms with Crippen LogP contribution in [0.15, 0.2) is 39.8 Å². The van der Waals surface area contributed by atoms with Crippen molar-refractivity contribution in [1.29, 1.82) is 0 Å². The summed E-state index contributed by atoms with van der Waals surface area (Å²) in [6.07, 6.45) is 0.381. The molecule has 3 aromatic rings. The van der Waals surface area contributed by atoms with Crippen LogP contribution in [0.5, 0.6) is 0 Å². The molecule has 1 atom stereocenters. The van der Waals surface area contributed by atoms with Gasteiger partial charge in [0.2, 0.25) is 11.8 Å². The minimum atomic E-state index is -0.736. The smallest absolute Gasteiger partial charge is 0.312 e. The predicted octanol–water partition coefficient (Wildman–Crippen LogP) is 3.49. The number of nitrogen functional groups attached to an aromatic ring is 1. The summed E-state index contributed by atoms with van der Waals surface area (Å²) in [6.45, 7) is 5.95. The molecule has 3 heterocycles. The standard InChI is InChI=1S/C19H19ClN6O3S.C2H6/c1-10-6-12(23-17(10)30-9-20)16(27)22-13-7-11-4-2-3-5-14(11)26(18(13)28)8-15-24-25-19(21)29-15;1-2/h2-6,13,23H,7-9H2,1H3,(H2,21,25)(H,22,27);1-2H3. The molecule has 32 heavy (non-hydrogen) atoms. The van der Waals surface area contributed by atoms with Gasteiger partial charge in [-0.25, -0.2) is 0 Å².